The smallest absolute Gasteiger partial charge is 0.303 e. The minimum atomic E-state index is -0.353. The van der Waals surface area contributed by atoms with Crippen molar-refractivity contribution in [1.82, 2.24) is 0 Å². The Labute approximate surface area is 100 Å². The summed E-state index contributed by atoms with van der Waals surface area (Å²) in [6, 6.07) is 0. The molecule has 2 rings (SSSR count). The van der Waals surface area contributed by atoms with Crippen LogP contribution in [-0.4, -0.2) is 36.4 Å². The van der Waals surface area contributed by atoms with E-state index in [-0.39, 0.29) is 42.3 Å². The zero-order valence-corrected chi connectivity index (χ0v) is 10.6. The molecule has 0 N–H and O–H groups in total. The van der Waals surface area contributed by atoms with Crippen molar-refractivity contribution < 1.29 is 23.8 Å². The van der Waals surface area contributed by atoms with Crippen LogP contribution in [0.4, 0.5) is 0 Å². The molecule has 2 fully saturated rings. The number of rotatable bonds is 3. The highest BCUT2D eigenvalue weighted by atomic mass is 16.6. The average Bonchev–Trinajstić information content (AvgIpc) is 2.59. The quantitative estimate of drug-likeness (QED) is 0.688. The van der Waals surface area contributed by atoms with Gasteiger partial charge in [-0.15, -0.1) is 0 Å². The second kappa shape index (κ2) is 3.98. The molecule has 0 aromatic rings. The Hall–Kier alpha value is -1.10. The minimum absolute atomic E-state index is 0.145. The van der Waals surface area contributed by atoms with Gasteiger partial charge in [-0.3, -0.25) is 9.59 Å². The van der Waals surface area contributed by atoms with Crippen molar-refractivity contribution >= 4 is 11.9 Å². The third-order valence-corrected chi connectivity index (χ3v) is 3.87. The summed E-state index contributed by atoms with van der Waals surface area (Å²) in [4.78, 5) is 21.9. The van der Waals surface area contributed by atoms with Crippen molar-refractivity contribution in [2.75, 3.05) is 6.61 Å². The summed E-state index contributed by atoms with van der Waals surface area (Å²) < 4.78 is 16.1. The van der Waals surface area contributed by atoms with Gasteiger partial charge >= 0.3 is 11.9 Å². The number of hydrogen-bond acceptors (Lipinski definition) is 5. The molecule has 0 aromatic heterocycles. The number of fused-ring (bicyclic) bond motifs is 1. The molecule has 1 aliphatic heterocycles. The van der Waals surface area contributed by atoms with E-state index >= 15 is 0 Å². The summed E-state index contributed by atoms with van der Waals surface area (Å²) in [6.45, 7) is 6.95. The van der Waals surface area contributed by atoms with Gasteiger partial charge in [0.05, 0.1) is 5.60 Å². The zero-order chi connectivity index (χ0) is 12.8. The van der Waals surface area contributed by atoms with E-state index in [1.807, 2.05) is 6.92 Å². The summed E-state index contributed by atoms with van der Waals surface area (Å²) >= 11 is 0. The fourth-order valence-electron chi connectivity index (χ4n) is 2.83. The van der Waals surface area contributed by atoms with E-state index < -0.39 is 0 Å². The molecular formula is C12H18O5. The number of carbonyl (C=O) groups excluding carboxylic acids is 2. The lowest BCUT2D eigenvalue weighted by Gasteiger charge is -2.23. The lowest BCUT2D eigenvalue weighted by atomic mass is 10.1. The molecule has 1 aliphatic carbocycles. The van der Waals surface area contributed by atoms with E-state index in [1.165, 1.54) is 13.8 Å². The van der Waals surface area contributed by atoms with Gasteiger partial charge in [0.2, 0.25) is 0 Å². The number of esters is 2. The Morgan fingerprint density at radius 1 is 1.29 bits per heavy atom. The molecule has 5 nitrogen and oxygen atoms in total. The van der Waals surface area contributed by atoms with Crippen LogP contribution in [0.5, 0.6) is 0 Å². The van der Waals surface area contributed by atoms with Crippen molar-refractivity contribution in [3.05, 3.63) is 0 Å². The maximum atomic E-state index is 11.1. The Morgan fingerprint density at radius 2 is 1.94 bits per heavy atom. The van der Waals surface area contributed by atoms with Gasteiger partial charge in [-0.25, -0.2) is 0 Å². The molecule has 5 unspecified atom stereocenters. The van der Waals surface area contributed by atoms with Gasteiger partial charge in [0.25, 0.3) is 0 Å². The van der Waals surface area contributed by atoms with Crippen LogP contribution < -0.4 is 0 Å². The molecule has 17 heavy (non-hydrogen) atoms. The molecule has 5 heteroatoms. The van der Waals surface area contributed by atoms with E-state index in [9.17, 15) is 9.59 Å². The summed E-state index contributed by atoms with van der Waals surface area (Å²) in [6.07, 6.45) is -0.638. The van der Waals surface area contributed by atoms with Gasteiger partial charge in [0.15, 0.2) is 0 Å². The average molecular weight is 242 g/mol. The van der Waals surface area contributed by atoms with Crippen LogP contribution >= 0.6 is 0 Å². The first-order valence-corrected chi connectivity index (χ1v) is 5.84. The first-order valence-electron chi connectivity index (χ1n) is 5.84. The van der Waals surface area contributed by atoms with Crippen LogP contribution in [0.15, 0.2) is 0 Å². The van der Waals surface area contributed by atoms with E-state index in [0.717, 1.165) is 0 Å². The van der Waals surface area contributed by atoms with Gasteiger partial charge < -0.3 is 14.2 Å². The van der Waals surface area contributed by atoms with Crippen LogP contribution in [0, 0.1) is 11.8 Å². The molecule has 5 atom stereocenters. The van der Waals surface area contributed by atoms with Crippen molar-refractivity contribution in [2.45, 2.75) is 45.5 Å². The topological polar surface area (TPSA) is 61.8 Å². The molecule has 96 valence electrons. The van der Waals surface area contributed by atoms with E-state index in [0.29, 0.717) is 5.92 Å². The predicted octanol–water partition coefficient (Wildman–Crippen LogP) is 0.905. The fraction of sp³-hybridized carbons (Fsp3) is 0.833. The molecule has 0 bridgehead atoms. The lowest BCUT2D eigenvalue weighted by Crippen LogP contribution is -2.36. The monoisotopic (exact) mass is 242 g/mol. The van der Waals surface area contributed by atoms with Crippen molar-refractivity contribution in [3.8, 4) is 0 Å². The highest BCUT2D eigenvalue weighted by Crippen LogP contribution is 2.61. The van der Waals surface area contributed by atoms with Crippen molar-refractivity contribution in [3.63, 3.8) is 0 Å². The molecule has 0 spiro atoms. The number of ether oxygens (including phenoxy) is 3. The number of carbonyl (C=O) groups is 2. The zero-order valence-electron chi connectivity index (χ0n) is 10.6. The standard InChI is InChI=1S/C12H18O5/c1-6-10-11(16-8(3)14)9(5-15-7(2)13)17-12(6,10)4/h6,9-11H,5H2,1-4H3. The van der Waals surface area contributed by atoms with E-state index in [2.05, 4.69) is 6.92 Å². The SMILES string of the molecule is CC(=O)OCC1OC2(C)C(C)C2C1OC(C)=O. The molecule has 1 saturated carbocycles. The Balaban J connectivity index is 2.01. The van der Waals surface area contributed by atoms with Crippen LogP contribution in [0.3, 0.4) is 0 Å². The van der Waals surface area contributed by atoms with Gasteiger partial charge in [-0.05, 0) is 12.8 Å². The second-order valence-corrected chi connectivity index (χ2v) is 5.03. The first kappa shape index (κ1) is 12.4. The summed E-state index contributed by atoms with van der Waals surface area (Å²) in [5.41, 5.74) is -0.231. The highest BCUT2D eigenvalue weighted by Gasteiger charge is 2.71. The molecule has 0 aromatic carbocycles. The maximum absolute atomic E-state index is 11.1. The second-order valence-electron chi connectivity index (χ2n) is 5.03. The van der Waals surface area contributed by atoms with Gasteiger partial charge in [-0.1, -0.05) is 6.92 Å². The van der Waals surface area contributed by atoms with Crippen molar-refractivity contribution in [2.24, 2.45) is 11.8 Å². The summed E-state index contributed by atoms with van der Waals surface area (Å²) in [5.74, 6) is -0.0869. The first-order chi connectivity index (χ1) is 7.86. The van der Waals surface area contributed by atoms with Gasteiger partial charge in [0, 0.05) is 19.8 Å². The summed E-state index contributed by atoms with van der Waals surface area (Å²) in [7, 11) is 0. The van der Waals surface area contributed by atoms with Crippen LogP contribution in [0.1, 0.15) is 27.7 Å². The minimum Gasteiger partial charge on any atom is -0.463 e. The maximum Gasteiger partial charge on any atom is 0.303 e. The molecule has 1 saturated heterocycles. The molecule has 2 aliphatic rings. The Bertz CT molecular complexity index is 353. The Morgan fingerprint density at radius 3 is 2.47 bits per heavy atom. The third kappa shape index (κ3) is 2.04. The van der Waals surface area contributed by atoms with Crippen LogP contribution in [-0.2, 0) is 23.8 Å². The number of hydrogen-bond donors (Lipinski definition) is 0. The highest BCUT2D eigenvalue weighted by molar-refractivity contribution is 5.67. The van der Waals surface area contributed by atoms with E-state index in [1.54, 1.807) is 0 Å². The van der Waals surface area contributed by atoms with Crippen LogP contribution in [0.25, 0.3) is 0 Å². The van der Waals surface area contributed by atoms with Gasteiger partial charge in [-0.2, -0.15) is 0 Å². The van der Waals surface area contributed by atoms with Crippen LogP contribution in [0.2, 0.25) is 0 Å². The van der Waals surface area contributed by atoms with E-state index in [4.69, 9.17) is 14.2 Å². The Kier molecular flexibility index (Phi) is 2.89. The van der Waals surface area contributed by atoms with Gasteiger partial charge in [0.1, 0.15) is 18.8 Å². The van der Waals surface area contributed by atoms with Crippen molar-refractivity contribution in [1.29, 1.82) is 0 Å². The lowest BCUT2D eigenvalue weighted by molar-refractivity contribution is -0.160. The fourth-order valence-corrected chi connectivity index (χ4v) is 2.83. The normalized spacial score (nSPS) is 42.8. The predicted molar refractivity (Wildman–Crippen MR) is 58.1 cm³/mol. The summed E-state index contributed by atoms with van der Waals surface area (Å²) in [5, 5.41) is 0. The third-order valence-electron chi connectivity index (χ3n) is 3.87. The molecule has 0 amide bonds. The largest absolute Gasteiger partial charge is 0.463 e. The molecule has 0 radical (unpaired) electrons. The molecular weight excluding hydrogens is 224 g/mol. The molecule has 1 heterocycles.